The molecule has 0 aliphatic heterocycles. The van der Waals surface area contributed by atoms with Gasteiger partial charge in [-0.3, -0.25) is 9.78 Å². The van der Waals surface area contributed by atoms with Gasteiger partial charge in [0.15, 0.2) is 0 Å². The van der Waals surface area contributed by atoms with E-state index in [4.69, 9.17) is 5.11 Å². The number of carboxylic acids is 1. The van der Waals surface area contributed by atoms with Crippen LogP contribution in [0.3, 0.4) is 0 Å². The van der Waals surface area contributed by atoms with Gasteiger partial charge in [0, 0.05) is 22.5 Å². The van der Waals surface area contributed by atoms with Gasteiger partial charge in [0.1, 0.15) is 0 Å². The number of aromatic nitrogens is 1. The number of aliphatic carboxylic acids is 1. The van der Waals surface area contributed by atoms with Crippen LogP contribution in [-0.2, 0) is 4.79 Å². The molecule has 80 valence electrons. The third kappa shape index (κ3) is 2.50. The average molecular weight is 223 g/mol. The molecule has 1 heterocycles. The van der Waals surface area contributed by atoms with Crippen LogP contribution in [0.15, 0.2) is 29.4 Å². The highest BCUT2D eigenvalue weighted by atomic mass is 32.2. The van der Waals surface area contributed by atoms with Crippen LogP contribution in [0.4, 0.5) is 0 Å². The summed E-state index contributed by atoms with van der Waals surface area (Å²) in [5.41, 5.74) is 0. The molecule has 1 aromatic heterocycles. The van der Waals surface area contributed by atoms with Gasteiger partial charge in [0.25, 0.3) is 0 Å². The van der Waals surface area contributed by atoms with Gasteiger partial charge in [-0.2, -0.15) is 0 Å². The van der Waals surface area contributed by atoms with Crippen LogP contribution >= 0.6 is 11.8 Å². The fourth-order valence-electron chi connectivity index (χ4n) is 1.94. The molecule has 1 N–H and O–H groups in total. The second kappa shape index (κ2) is 4.66. The molecule has 4 heteroatoms. The summed E-state index contributed by atoms with van der Waals surface area (Å²) in [5, 5.41) is 9.26. The predicted octanol–water partition coefficient (Wildman–Crippen LogP) is 2.43. The first-order valence-electron chi connectivity index (χ1n) is 5.07. The van der Waals surface area contributed by atoms with Gasteiger partial charge >= 0.3 is 5.97 Å². The fourth-order valence-corrected chi connectivity index (χ4v) is 3.27. The van der Waals surface area contributed by atoms with Gasteiger partial charge in [-0.15, -0.1) is 11.8 Å². The van der Waals surface area contributed by atoms with Crippen molar-refractivity contribution in [1.82, 2.24) is 4.98 Å². The van der Waals surface area contributed by atoms with E-state index in [9.17, 15) is 4.79 Å². The van der Waals surface area contributed by atoms with E-state index in [1.807, 2.05) is 12.1 Å². The third-order valence-corrected chi connectivity index (χ3v) is 4.12. The maximum Gasteiger partial charge on any atom is 0.307 e. The molecule has 0 spiro atoms. The van der Waals surface area contributed by atoms with Crippen molar-refractivity contribution in [3.05, 3.63) is 24.5 Å². The van der Waals surface area contributed by atoms with E-state index in [2.05, 4.69) is 4.98 Å². The Balaban J connectivity index is 2.03. The number of nitrogens with zero attached hydrogens (tertiary/aromatic N) is 1. The summed E-state index contributed by atoms with van der Waals surface area (Å²) in [5.74, 6) is -0.831. The van der Waals surface area contributed by atoms with Crippen molar-refractivity contribution >= 4 is 17.7 Å². The summed E-state index contributed by atoms with van der Waals surface area (Å²) in [6.45, 7) is 0. The molecule has 0 bridgehead atoms. The molecule has 2 rings (SSSR count). The van der Waals surface area contributed by atoms with Gasteiger partial charge in [0.05, 0.1) is 5.92 Å². The minimum absolute atomic E-state index is 0.178. The summed E-state index contributed by atoms with van der Waals surface area (Å²) >= 11 is 1.67. The first kappa shape index (κ1) is 10.5. The number of rotatable bonds is 3. The Bertz CT molecular complexity index is 342. The molecule has 1 aliphatic rings. The topological polar surface area (TPSA) is 50.2 Å². The molecular weight excluding hydrogens is 210 g/mol. The Morgan fingerprint density at radius 2 is 2.13 bits per heavy atom. The van der Waals surface area contributed by atoms with Gasteiger partial charge < -0.3 is 5.11 Å². The Labute approximate surface area is 92.9 Å². The molecule has 0 aromatic carbocycles. The lowest BCUT2D eigenvalue weighted by atomic mass is 10.1. The largest absolute Gasteiger partial charge is 0.481 e. The van der Waals surface area contributed by atoms with Crippen LogP contribution in [0.25, 0.3) is 0 Å². The molecule has 3 nitrogen and oxygen atoms in total. The van der Waals surface area contributed by atoms with E-state index in [1.54, 1.807) is 24.2 Å². The normalized spacial score (nSPS) is 25.3. The molecule has 1 aromatic rings. The smallest absolute Gasteiger partial charge is 0.307 e. The molecule has 2 unspecified atom stereocenters. The van der Waals surface area contributed by atoms with Crippen molar-refractivity contribution in [3.8, 4) is 0 Å². The number of hydrogen-bond donors (Lipinski definition) is 1. The zero-order chi connectivity index (χ0) is 10.7. The highest BCUT2D eigenvalue weighted by Gasteiger charge is 2.33. The molecule has 1 saturated carbocycles. The lowest BCUT2D eigenvalue weighted by molar-refractivity contribution is -0.141. The first-order valence-corrected chi connectivity index (χ1v) is 5.95. The molecule has 0 saturated heterocycles. The van der Waals surface area contributed by atoms with E-state index >= 15 is 0 Å². The average Bonchev–Trinajstić information content (AvgIpc) is 2.67. The van der Waals surface area contributed by atoms with Crippen molar-refractivity contribution in [2.45, 2.75) is 29.4 Å². The van der Waals surface area contributed by atoms with Gasteiger partial charge in [-0.25, -0.2) is 0 Å². The van der Waals surface area contributed by atoms with E-state index in [0.717, 1.165) is 24.2 Å². The molecule has 1 fully saturated rings. The molecule has 0 radical (unpaired) electrons. The van der Waals surface area contributed by atoms with E-state index < -0.39 is 5.97 Å². The first-order chi connectivity index (χ1) is 7.27. The lowest BCUT2D eigenvalue weighted by Crippen LogP contribution is -2.19. The van der Waals surface area contributed by atoms with Crippen molar-refractivity contribution < 1.29 is 9.90 Å². The summed E-state index contributed by atoms with van der Waals surface area (Å²) < 4.78 is 0. The van der Waals surface area contributed by atoms with Crippen molar-refractivity contribution in [2.24, 2.45) is 5.92 Å². The minimum Gasteiger partial charge on any atom is -0.481 e. The molecule has 15 heavy (non-hydrogen) atoms. The number of carbonyl (C=O) groups is 1. The molecule has 2 atom stereocenters. The fraction of sp³-hybridized carbons (Fsp3) is 0.455. The van der Waals surface area contributed by atoms with Crippen molar-refractivity contribution in [3.63, 3.8) is 0 Å². The second-order valence-electron chi connectivity index (χ2n) is 3.71. The summed E-state index contributed by atoms with van der Waals surface area (Å²) in [7, 11) is 0. The summed E-state index contributed by atoms with van der Waals surface area (Å²) in [6.07, 6.45) is 6.34. The van der Waals surface area contributed by atoms with Crippen LogP contribution in [0, 0.1) is 5.92 Å². The van der Waals surface area contributed by atoms with Crippen LogP contribution in [-0.4, -0.2) is 21.3 Å². The lowest BCUT2D eigenvalue weighted by Gasteiger charge is -2.14. The number of hydrogen-bond acceptors (Lipinski definition) is 3. The zero-order valence-corrected chi connectivity index (χ0v) is 9.11. The Morgan fingerprint density at radius 1 is 1.40 bits per heavy atom. The van der Waals surface area contributed by atoms with Crippen LogP contribution in [0.1, 0.15) is 19.3 Å². The highest BCUT2D eigenvalue weighted by Crippen LogP contribution is 2.38. The maximum absolute atomic E-state index is 11.0. The SMILES string of the molecule is O=C(O)C1CCCC1Sc1ccncc1. The van der Waals surface area contributed by atoms with Crippen LogP contribution < -0.4 is 0 Å². The number of pyridine rings is 1. The molecular formula is C11H13NO2S. The third-order valence-electron chi connectivity index (χ3n) is 2.71. The standard InChI is InChI=1S/C11H13NO2S/c13-11(14)9-2-1-3-10(9)15-8-4-6-12-7-5-8/h4-7,9-10H,1-3H2,(H,13,14). The summed E-state index contributed by atoms with van der Waals surface area (Å²) in [6, 6.07) is 3.86. The Morgan fingerprint density at radius 3 is 2.80 bits per heavy atom. The van der Waals surface area contributed by atoms with E-state index in [-0.39, 0.29) is 11.2 Å². The summed E-state index contributed by atoms with van der Waals surface area (Å²) in [4.78, 5) is 16.0. The number of carboxylic acid groups (broad SMARTS) is 1. The monoisotopic (exact) mass is 223 g/mol. The van der Waals surface area contributed by atoms with E-state index in [0.29, 0.717) is 0 Å². The highest BCUT2D eigenvalue weighted by molar-refractivity contribution is 8.00. The zero-order valence-electron chi connectivity index (χ0n) is 8.30. The van der Waals surface area contributed by atoms with Crippen molar-refractivity contribution in [1.29, 1.82) is 0 Å². The second-order valence-corrected chi connectivity index (χ2v) is 5.03. The maximum atomic E-state index is 11.0. The van der Waals surface area contributed by atoms with Crippen LogP contribution in [0.5, 0.6) is 0 Å². The predicted molar refractivity (Wildman–Crippen MR) is 58.9 cm³/mol. The van der Waals surface area contributed by atoms with Gasteiger partial charge in [-0.05, 0) is 25.0 Å². The quantitative estimate of drug-likeness (QED) is 0.855. The van der Waals surface area contributed by atoms with E-state index in [1.165, 1.54) is 0 Å². The van der Waals surface area contributed by atoms with Crippen LogP contribution in [0.2, 0.25) is 0 Å². The van der Waals surface area contributed by atoms with Gasteiger partial charge in [-0.1, -0.05) is 6.42 Å². The van der Waals surface area contributed by atoms with Crippen molar-refractivity contribution in [2.75, 3.05) is 0 Å². The molecule has 0 amide bonds. The Hall–Kier alpha value is -1.03. The molecule has 1 aliphatic carbocycles. The Kier molecular flexibility index (Phi) is 3.26. The van der Waals surface area contributed by atoms with Gasteiger partial charge in [0.2, 0.25) is 0 Å². The minimum atomic E-state index is -0.654. The number of thioether (sulfide) groups is 1.